The smallest absolute Gasteiger partial charge is 0.123 e. The van der Waals surface area contributed by atoms with Gasteiger partial charge in [0, 0.05) is 5.54 Å². The molecule has 1 aromatic carbocycles. The summed E-state index contributed by atoms with van der Waals surface area (Å²) < 4.78 is 13.1. The van der Waals surface area contributed by atoms with Gasteiger partial charge < -0.3 is 5.73 Å². The predicted octanol–water partition coefficient (Wildman–Crippen LogP) is 3.89. The zero-order valence-electron chi connectivity index (χ0n) is 10.8. The minimum absolute atomic E-state index is 0.170. The summed E-state index contributed by atoms with van der Waals surface area (Å²) in [7, 11) is 0. The molecule has 17 heavy (non-hydrogen) atoms. The van der Waals surface area contributed by atoms with Crippen molar-refractivity contribution >= 4 is 0 Å². The van der Waals surface area contributed by atoms with Crippen LogP contribution in [0.15, 0.2) is 18.2 Å². The van der Waals surface area contributed by atoms with Gasteiger partial charge >= 0.3 is 0 Å². The Labute approximate surface area is 103 Å². The average Bonchev–Trinajstić information content (AvgIpc) is 2.42. The summed E-state index contributed by atoms with van der Waals surface area (Å²) >= 11 is 0. The Balaban J connectivity index is 2.30. The maximum Gasteiger partial charge on any atom is 0.123 e. The molecule has 2 N–H and O–H groups in total. The number of halogens is 1. The Kier molecular flexibility index (Phi) is 3.53. The highest BCUT2D eigenvalue weighted by Gasteiger charge is 2.31. The third kappa shape index (κ3) is 2.68. The molecule has 0 amide bonds. The maximum absolute atomic E-state index is 13.1. The van der Waals surface area contributed by atoms with E-state index in [2.05, 4.69) is 6.92 Å². The van der Waals surface area contributed by atoms with Crippen molar-refractivity contribution in [2.45, 2.75) is 51.5 Å². The lowest BCUT2D eigenvalue weighted by atomic mass is 9.81. The third-order valence-electron chi connectivity index (χ3n) is 4.13. The Morgan fingerprint density at radius 3 is 2.76 bits per heavy atom. The summed E-state index contributed by atoms with van der Waals surface area (Å²) in [5.74, 6) is 0.595. The van der Waals surface area contributed by atoms with Crippen LogP contribution in [0.1, 0.15) is 50.2 Å². The molecule has 0 radical (unpaired) electrons. The van der Waals surface area contributed by atoms with E-state index in [1.165, 1.54) is 25.3 Å². The van der Waals surface area contributed by atoms with Gasteiger partial charge in [0.2, 0.25) is 0 Å². The van der Waals surface area contributed by atoms with Gasteiger partial charge in [-0.2, -0.15) is 0 Å². The quantitative estimate of drug-likeness (QED) is 0.734. The van der Waals surface area contributed by atoms with Crippen LogP contribution < -0.4 is 5.73 Å². The molecule has 2 unspecified atom stereocenters. The number of hydrogen-bond donors (Lipinski definition) is 1. The van der Waals surface area contributed by atoms with Crippen molar-refractivity contribution in [3.63, 3.8) is 0 Å². The summed E-state index contributed by atoms with van der Waals surface area (Å²) in [6.45, 7) is 4.25. The van der Waals surface area contributed by atoms with Crippen LogP contribution in [0.3, 0.4) is 0 Å². The minimum atomic E-state index is -0.247. The van der Waals surface area contributed by atoms with Crippen LogP contribution in [-0.4, -0.2) is 0 Å². The van der Waals surface area contributed by atoms with Crippen molar-refractivity contribution in [3.8, 4) is 0 Å². The molecular weight excluding hydrogens is 213 g/mol. The van der Waals surface area contributed by atoms with Gasteiger partial charge in [-0.15, -0.1) is 0 Å². The van der Waals surface area contributed by atoms with E-state index in [1.807, 2.05) is 13.0 Å². The monoisotopic (exact) mass is 235 g/mol. The van der Waals surface area contributed by atoms with E-state index >= 15 is 0 Å². The second-order valence-electron chi connectivity index (χ2n) is 5.65. The van der Waals surface area contributed by atoms with Crippen LogP contribution in [0, 0.1) is 18.7 Å². The number of aryl methyl sites for hydroxylation is 1. The molecule has 0 aliphatic heterocycles. The first-order valence-electron chi connectivity index (χ1n) is 6.57. The SMILES string of the molecule is Cc1cc(F)ccc1C1(N)CCCC(C)CC1. The largest absolute Gasteiger partial charge is 0.321 e. The van der Waals surface area contributed by atoms with Crippen molar-refractivity contribution in [1.29, 1.82) is 0 Å². The lowest BCUT2D eigenvalue weighted by Gasteiger charge is -2.30. The van der Waals surface area contributed by atoms with Crippen molar-refractivity contribution in [2.24, 2.45) is 11.7 Å². The lowest BCUT2D eigenvalue weighted by molar-refractivity contribution is 0.376. The van der Waals surface area contributed by atoms with Gasteiger partial charge in [-0.05, 0) is 55.4 Å². The summed E-state index contributed by atoms with van der Waals surface area (Å²) in [6.07, 6.45) is 5.64. The predicted molar refractivity (Wildman–Crippen MR) is 69.3 cm³/mol. The fraction of sp³-hybridized carbons (Fsp3) is 0.600. The van der Waals surface area contributed by atoms with Gasteiger partial charge in [0.1, 0.15) is 5.82 Å². The van der Waals surface area contributed by atoms with Crippen LogP contribution in [0.2, 0.25) is 0 Å². The average molecular weight is 235 g/mol. The normalized spacial score (nSPS) is 30.0. The van der Waals surface area contributed by atoms with E-state index < -0.39 is 0 Å². The van der Waals surface area contributed by atoms with Gasteiger partial charge in [-0.1, -0.05) is 25.8 Å². The van der Waals surface area contributed by atoms with E-state index in [0.717, 1.165) is 29.9 Å². The summed E-state index contributed by atoms with van der Waals surface area (Å²) in [5, 5.41) is 0. The van der Waals surface area contributed by atoms with Crippen molar-refractivity contribution in [2.75, 3.05) is 0 Å². The molecule has 1 fully saturated rings. The van der Waals surface area contributed by atoms with Gasteiger partial charge in [-0.25, -0.2) is 4.39 Å². The maximum atomic E-state index is 13.1. The van der Waals surface area contributed by atoms with E-state index in [0.29, 0.717) is 0 Å². The second-order valence-corrected chi connectivity index (χ2v) is 5.65. The lowest BCUT2D eigenvalue weighted by Crippen LogP contribution is -2.36. The molecule has 0 spiro atoms. The van der Waals surface area contributed by atoms with Gasteiger partial charge in [-0.3, -0.25) is 0 Å². The molecule has 0 bridgehead atoms. The zero-order valence-corrected chi connectivity index (χ0v) is 10.8. The first-order chi connectivity index (χ1) is 8.01. The van der Waals surface area contributed by atoms with Crippen LogP contribution in [0.4, 0.5) is 4.39 Å². The highest BCUT2D eigenvalue weighted by atomic mass is 19.1. The topological polar surface area (TPSA) is 26.0 Å². The molecule has 1 saturated carbocycles. The Morgan fingerprint density at radius 1 is 1.29 bits per heavy atom. The van der Waals surface area contributed by atoms with Crippen molar-refractivity contribution < 1.29 is 4.39 Å². The molecular formula is C15H22FN. The molecule has 0 heterocycles. The van der Waals surface area contributed by atoms with E-state index in [1.54, 1.807) is 6.07 Å². The Hall–Kier alpha value is -0.890. The number of benzene rings is 1. The van der Waals surface area contributed by atoms with Crippen molar-refractivity contribution in [1.82, 2.24) is 0 Å². The minimum Gasteiger partial charge on any atom is -0.321 e. The summed E-state index contributed by atoms with van der Waals surface area (Å²) in [4.78, 5) is 0. The Morgan fingerprint density at radius 2 is 2.06 bits per heavy atom. The first kappa shape index (κ1) is 12.6. The number of nitrogens with two attached hydrogens (primary N) is 1. The molecule has 1 aromatic rings. The van der Waals surface area contributed by atoms with Gasteiger partial charge in [0.15, 0.2) is 0 Å². The molecule has 94 valence electrons. The van der Waals surface area contributed by atoms with E-state index in [-0.39, 0.29) is 11.4 Å². The summed E-state index contributed by atoms with van der Waals surface area (Å²) in [6, 6.07) is 5.00. The standard InChI is InChI=1S/C15H22FN/c1-11-4-3-8-15(17,9-7-11)14-6-5-13(16)10-12(14)2/h5-6,10-11H,3-4,7-9,17H2,1-2H3. The zero-order chi connectivity index (χ0) is 12.5. The first-order valence-corrected chi connectivity index (χ1v) is 6.57. The molecule has 2 atom stereocenters. The molecule has 1 aliphatic carbocycles. The van der Waals surface area contributed by atoms with Gasteiger partial charge in [0.05, 0.1) is 0 Å². The van der Waals surface area contributed by atoms with Crippen LogP contribution in [0.25, 0.3) is 0 Å². The van der Waals surface area contributed by atoms with E-state index in [9.17, 15) is 4.39 Å². The van der Waals surface area contributed by atoms with Crippen LogP contribution >= 0.6 is 0 Å². The fourth-order valence-electron chi connectivity index (χ4n) is 2.99. The molecule has 0 saturated heterocycles. The van der Waals surface area contributed by atoms with Gasteiger partial charge in [0.25, 0.3) is 0 Å². The van der Waals surface area contributed by atoms with Crippen LogP contribution in [0.5, 0.6) is 0 Å². The molecule has 1 aliphatic rings. The summed E-state index contributed by atoms with van der Waals surface area (Å²) in [5.41, 5.74) is 8.44. The molecule has 1 nitrogen and oxygen atoms in total. The third-order valence-corrected chi connectivity index (χ3v) is 4.13. The van der Waals surface area contributed by atoms with Crippen LogP contribution in [-0.2, 0) is 5.54 Å². The number of rotatable bonds is 1. The van der Waals surface area contributed by atoms with E-state index in [4.69, 9.17) is 5.73 Å². The Bertz CT molecular complexity index is 402. The molecule has 2 rings (SSSR count). The fourth-order valence-corrected chi connectivity index (χ4v) is 2.99. The highest BCUT2D eigenvalue weighted by molar-refractivity contribution is 5.33. The number of hydrogen-bond acceptors (Lipinski definition) is 1. The molecule has 2 heteroatoms. The molecule has 0 aromatic heterocycles. The van der Waals surface area contributed by atoms with Crippen molar-refractivity contribution in [3.05, 3.63) is 35.1 Å². The second kappa shape index (κ2) is 4.77. The highest BCUT2D eigenvalue weighted by Crippen LogP contribution is 2.37.